The number of ether oxygens (including phenoxy) is 2. The second kappa shape index (κ2) is 7.96. The van der Waals surface area contributed by atoms with Crippen LogP contribution in [-0.4, -0.2) is 24.5 Å². The van der Waals surface area contributed by atoms with E-state index in [1.165, 1.54) is 18.2 Å². The molecule has 0 radical (unpaired) electrons. The van der Waals surface area contributed by atoms with Crippen molar-refractivity contribution in [3.8, 4) is 11.5 Å². The maximum absolute atomic E-state index is 12.0. The fraction of sp³-hybridized carbons (Fsp3) is 0.235. The molecule has 0 unspecified atom stereocenters. The molecule has 1 N–H and O–H groups in total. The molecule has 2 aromatic rings. The van der Waals surface area contributed by atoms with E-state index in [-0.39, 0.29) is 30.0 Å². The summed E-state index contributed by atoms with van der Waals surface area (Å²) in [4.78, 5) is 22.4. The summed E-state index contributed by atoms with van der Waals surface area (Å²) < 4.78 is 10.5. The van der Waals surface area contributed by atoms with Crippen LogP contribution >= 0.6 is 0 Å². The molecule has 0 bridgehead atoms. The van der Waals surface area contributed by atoms with Crippen molar-refractivity contribution in [3.63, 3.8) is 0 Å². The van der Waals surface area contributed by atoms with Crippen molar-refractivity contribution >= 4 is 11.6 Å². The number of nitrogens with zero attached hydrogens (tertiary/aromatic N) is 1. The molecule has 0 heterocycles. The molecule has 0 saturated heterocycles. The van der Waals surface area contributed by atoms with Gasteiger partial charge in [-0.3, -0.25) is 14.9 Å². The molecule has 0 aliphatic carbocycles. The molecule has 0 aliphatic heterocycles. The minimum Gasteiger partial charge on any atom is -0.496 e. The van der Waals surface area contributed by atoms with Crippen molar-refractivity contribution in [1.82, 2.24) is 5.32 Å². The summed E-state index contributed by atoms with van der Waals surface area (Å²) in [5, 5.41) is 13.7. The van der Waals surface area contributed by atoms with Gasteiger partial charge in [-0.2, -0.15) is 0 Å². The Morgan fingerprint density at radius 3 is 2.46 bits per heavy atom. The standard InChI is InChI=1S/C17H18N2O5/c1-12(13-7-3-5-9-15(13)23-2)18-17(20)11-24-16-10-6-4-8-14(16)19(21)22/h3-10,12H,11H2,1-2H3,(H,18,20)/t12-/m0/s1. The highest BCUT2D eigenvalue weighted by Gasteiger charge is 2.17. The highest BCUT2D eigenvalue weighted by Crippen LogP contribution is 2.26. The number of nitro benzene ring substituents is 1. The number of nitro groups is 1. The molecular weight excluding hydrogens is 312 g/mol. The van der Waals surface area contributed by atoms with Crippen molar-refractivity contribution in [1.29, 1.82) is 0 Å². The van der Waals surface area contributed by atoms with Crippen LogP contribution in [0.3, 0.4) is 0 Å². The number of hydrogen-bond acceptors (Lipinski definition) is 5. The summed E-state index contributed by atoms with van der Waals surface area (Å²) in [6.45, 7) is 1.51. The van der Waals surface area contributed by atoms with Crippen molar-refractivity contribution in [2.45, 2.75) is 13.0 Å². The fourth-order valence-corrected chi connectivity index (χ4v) is 2.26. The zero-order valence-corrected chi connectivity index (χ0v) is 13.4. The van der Waals surface area contributed by atoms with E-state index in [1.54, 1.807) is 13.2 Å². The summed E-state index contributed by atoms with van der Waals surface area (Å²) in [7, 11) is 1.56. The zero-order chi connectivity index (χ0) is 17.5. The van der Waals surface area contributed by atoms with E-state index < -0.39 is 4.92 Å². The van der Waals surface area contributed by atoms with Gasteiger partial charge in [-0.05, 0) is 19.1 Å². The van der Waals surface area contributed by atoms with Gasteiger partial charge in [0.2, 0.25) is 0 Å². The van der Waals surface area contributed by atoms with Crippen LogP contribution in [0, 0.1) is 10.1 Å². The van der Waals surface area contributed by atoms with E-state index in [1.807, 2.05) is 31.2 Å². The molecule has 0 saturated carbocycles. The molecule has 2 rings (SSSR count). The van der Waals surface area contributed by atoms with Gasteiger partial charge in [-0.25, -0.2) is 0 Å². The van der Waals surface area contributed by atoms with E-state index in [2.05, 4.69) is 5.32 Å². The van der Waals surface area contributed by atoms with Crippen molar-refractivity contribution in [3.05, 3.63) is 64.2 Å². The summed E-state index contributed by atoms with van der Waals surface area (Å²) in [5.74, 6) is 0.346. The lowest BCUT2D eigenvalue weighted by molar-refractivity contribution is -0.385. The number of benzene rings is 2. The molecule has 1 amide bonds. The summed E-state index contributed by atoms with van der Waals surface area (Å²) in [6, 6.07) is 13.0. The quantitative estimate of drug-likeness (QED) is 0.622. The van der Waals surface area contributed by atoms with Crippen LogP contribution in [0.1, 0.15) is 18.5 Å². The molecule has 0 aromatic heterocycles. The molecule has 1 atom stereocenters. The number of amides is 1. The van der Waals surface area contributed by atoms with Gasteiger partial charge in [-0.1, -0.05) is 30.3 Å². The minimum absolute atomic E-state index is 0.0580. The number of rotatable bonds is 7. The first kappa shape index (κ1) is 17.3. The van der Waals surface area contributed by atoms with E-state index in [9.17, 15) is 14.9 Å². The Labute approximate surface area is 139 Å². The molecule has 0 aliphatic rings. The smallest absolute Gasteiger partial charge is 0.310 e. The van der Waals surface area contributed by atoms with E-state index in [0.717, 1.165) is 5.56 Å². The number of nitrogens with one attached hydrogen (secondary N) is 1. The number of para-hydroxylation sites is 3. The highest BCUT2D eigenvalue weighted by molar-refractivity contribution is 5.78. The Hall–Kier alpha value is -3.09. The van der Waals surface area contributed by atoms with Gasteiger partial charge in [-0.15, -0.1) is 0 Å². The Kier molecular flexibility index (Phi) is 5.73. The monoisotopic (exact) mass is 330 g/mol. The Bertz CT molecular complexity index is 732. The second-order valence-corrected chi connectivity index (χ2v) is 5.04. The predicted octanol–water partition coefficient (Wildman–Crippen LogP) is 2.86. The molecule has 126 valence electrons. The van der Waals surface area contributed by atoms with Crippen LogP contribution in [0.25, 0.3) is 0 Å². The van der Waals surface area contributed by atoms with E-state index in [0.29, 0.717) is 5.75 Å². The van der Waals surface area contributed by atoms with Gasteiger partial charge >= 0.3 is 5.69 Å². The molecule has 2 aromatic carbocycles. The third-order valence-corrected chi connectivity index (χ3v) is 3.40. The lowest BCUT2D eigenvalue weighted by Gasteiger charge is -2.17. The first-order chi connectivity index (χ1) is 11.5. The summed E-state index contributed by atoms with van der Waals surface area (Å²) in [6.07, 6.45) is 0. The summed E-state index contributed by atoms with van der Waals surface area (Å²) in [5.41, 5.74) is 0.655. The van der Waals surface area contributed by atoms with Crippen molar-refractivity contribution in [2.24, 2.45) is 0 Å². The van der Waals surface area contributed by atoms with Crippen molar-refractivity contribution in [2.75, 3.05) is 13.7 Å². The van der Waals surface area contributed by atoms with Crippen LogP contribution in [0.5, 0.6) is 11.5 Å². The molecule has 0 fully saturated rings. The topological polar surface area (TPSA) is 90.7 Å². The number of hydrogen-bond donors (Lipinski definition) is 1. The lowest BCUT2D eigenvalue weighted by atomic mass is 10.1. The molecule has 24 heavy (non-hydrogen) atoms. The van der Waals surface area contributed by atoms with Crippen LogP contribution in [0.15, 0.2) is 48.5 Å². The number of methoxy groups -OCH3 is 1. The molecule has 7 heteroatoms. The van der Waals surface area contributed by atoms with Crippen LogP contribution in [0.2, 0.25) is 0 Å². The molecule has 0 spiro atoms. The van der Waals surface area contributed by atoms with E-state index in [4.69, 9.17) is 9.47 Å². The van der Waals surface area contributed by atoms with Crippen LogP contribution < -0.4 is 14.8 Å². The average Bonchev–Trinajstić information content (AvgIpc) is 2.60. The Balaban J connectivity index is 1.98. The van der Waals surface area contributed by atoms with Gasteiger partial charge in [0.1, 0.15) is 5.75 Å². The van der Waals surface area contributed by atoms with E-state index >= 15 is 0 Å². The highest BCUT2D eigenvalue weighted by atomic mass is 16.6. The van der Waals surface area contributed by atoms with Gasteiger partial charge < -0.3 is 14.8 Å². The first-order valence-corrected chi connectivity index (χ1v) is 7.31. The molecular formula is C17H18N2O5. The fourth-order valence-electron chi connectivity index (χ4n) is 2.26. The predicted molar refractivity (Wildman–Crippen MR) is 88.1 cm³/mol. The summed E-state index contributed by atoms with van der Waals surface area (Å²) >= 11 is 0. The third kappa shape index (κ3) is 4.22. The Morgan fingerprint density at radius 1 is 1.17 bits per heavy atom. The van der Waals surface area contributed by atoms with Crippen LogP contribution in [0.4, 0.5) is 5.69 Å². The normalized spacial score (nSPS) is 11.4. The number of carbonyl (C=O) groups excluding carboxylic acids is 1. The largest absolute Gasteiger partial charge is 0.496 e. The SMILES string of the molecule is COc1ccccc1[C@H](C)NC(=O)COc1ccccc1[N+](=O)[O-]. The van der Waals surface area contributed by atoms with Gasteiger partial charge in [0, 0.05) is 11.6 Å². The maximum Gasteiger partial charge on any atom is 0.310 e. The third-order valence-electron chi connectivity index (χ3n) is 3.40. The van der Waals surface area contributed by atoms with Gasteiger partial charge in [0.15, 0.2) is 12.4 Å². The van der Waals surface area contributed by atoms with Gasteiger partial charge in [0.05, 0.1) is 18.1 Å². The minimum atomic E-state index is -0.551. The lowest BCUT2D eigenvalue weighted by Crippen LogP contribution is -2.31. The van der Waals surface area contributed by atoms with Gasteiger partial charge in [0.25, 0.3) is 5.91 Å². The van der Waals surface area contributed by atoms with Crippen molar-refractivity contribution < 1.29 is 19.2 Å². The Morgan fingerprint density at radius 2 is 1.79 bits per heavy atom. The maximum atomic E-state index is 12.0. The zero-order valence-electron chi connectivity index (χ0n) is 13.4. The second-order valence-electron chi connectivity index (χ2n) is 5.04. The molecule has 7 nitrogen and oxygen atoms in total. The number of carbonyl (C=O) groups is 1. The first-order valence-electron chi connectivity index (χ1n) is 7.31. The van der Waals surface area contributed by atoms with Crippen LogP contribution in [-0.2, 0) is 4.79 Å². The average molecular weight is 330 g/mol.